The number of hydrogen-bond donors (Lipinski definition) is 4. The van der Waals surface area contributed by atoms with Crippen LogP contribution in [0.3, 0.4) is 0 Å². The molecule has 0 saturated carbocycles. The van der Waals surface area contributed by atoms with E-state index in [2.05, 4.69) is 20.6 Å². The Kier molecular flexibility index (Phi) is 15.0. The molecule has 6 rings (SSSR count). The third kappa shape index (κ3) is 10.1. The highest BCUT2D eigenvalue weighted by atomic mass is 35.5. The molecule has 4 heterocycles. The first-order valence-corrected chi connectivity index (χ1v) is 21.7. The molecule has 4 aromatic rings. The number of unbranched alkanes of at least 4 members (excludes halogenated alkanes) is 1. The monoisotopic (exact) mass is 889 g/mol. The number of halogens is 1. The summed E-state index contributed by atoms with van der Waals surface area (Å²) in [4.78, 5) is 83.7. The number of benzene rings is 2. The number of hydrogen-bond acceptors (Lipinski definition) is 11. The third-order valence-corrected chi connectivity index (χ3v) is 11.9. The quantitative estimate of drug-likeness (QED) is 0.0479. The first kappa shape index (κ1) is 46.3. The minimum absolute atomic E-state index is 0.0191. The van der Waals surface area contributed by atoms with Crippen LogP contribution >= 0.6 is 11.6 Å². The maximum absolute atomic E-state index is 13.8. The van der Waals surface area contributed by atoms with E-state index in [0.29, 0.717) is 72.9 Å². The fraction of sp³-hybridized carbons (Fsp3) is 0.500. The lowest BCUT2D eigenvalue weighted by Crippen LogP contribution is -2.51. The van der Waals surface area contributed by atoms with Crippen LogP contribution in [0.5, 0.6) is 5.75 Å². The van der Waals surface area contributed by atoms with E-state index in [1.807, 2.05) is 34.6 Å². The Bertz CT molecular complexity index is 2290. The largest absolute Gasteiger partial charge is 0.486 e. The van der Waals surface area contributed by atoms with E-state index < -0.39 is 35.2 Å². The standard InChI is InChI=1S/C44H56ClN9O9/c1-8-9-20-63-38-28(31-23-47-40(49-31)33-13-11-19-53(33)42(56)36(25(4)5)51-44(58)62-7)21-29(45)34(37(38)54(59)60)27-16-14-26(15-17-27)30-22-46-39(48-30)32-12-10-18-52(32)41(55)35(24(2)3)50-43(57)61-6/h14-17,21-25,32-33,35-36H,8-13,18-20H2,1-7H3,(H,46,48)(H,47,49)(H,50,57)(H,51,58)/t32-,33-,35-,36-/m0/s1. The van der Waals surface area contributed by atoms with Gasteiger partial charge in [0, 0.05) is 31.0 Å². The third-order valence-electron chi connectivity index (χ3n) is 11.6. The van der Waals surface area contributed by atoms with Gasteiger partial charge in [-0.25, -0.2) is 19.6 Å². The summed E-state index contributed by atoms with van der Waals surface area (Å²) < 4.78 is 15.7. The second kappa shape index (κ2) is 20.3. The van der Waals surface area contributed by atoms with E-state index in [1.165, 1.54) is 14.2 Å². The van der Waals surface area contributed by atoms with Crippen molar-refractivity contribution < 1.29 is 38.3 Å². The molecule has 2 aromatic carbocycles. The molecule has 2 saturated heterocycles. The molecule has 2 aliphatic heterocycles. The Balaban J connectivity index is 1.29. The molecule has 19 heteroatoms. The van der Waals surface area contributed by atoms with Crippen molar-refractivity contribution in [1.82, 2.24) is 40.4 Å². The van der Waals surface area contributed by atoms with Gasteiger partial charge in [-0.05, 0) is 55.6 Å². The summed E-state index contributed by atoms with van der Waals surface area (Å²) >= 11 is 6.99. The molecule has 338 valence electrons. The molecule has 0 aliphatic carbocycles. The van der Waals surface area contributed by atoms with Gasteiger partial charge < -0.3 is 44.6 Å². The van der Waals surface area contributed by atoms with Crippen molar-refractivity contribution in [1.29, 1.82) is 0 Å². The van der Waals surface area contributed by atoms with Gasteiger partial charge in [-0.15, -0.1) is 0 Å². The highest BCUT2D eigenvalue weighted by Gasteiger charge is 2.40. The molecule has 63 heavy (non-hydrogen) atoms. The number of carbonyl (C=O) groups is 4. The molecule has 0 unspecified atom stereocenters. The number of methoxy groups -OCH3 is 2. The molecule has 2 aliphatic rings. The zero-order valence-corrected chi connectivity index (χ0v) is 37.4. The fourth-order valence-corrected chi connectivity index (χ4v) is 8.52. The molecule has 0 bridgehead atoms. The lowest BCUT2D eigenvalue weighted by atomic mass is 9.97. The van der Waals surface area contributed by atoms with Crippen LogP contribution in [0, 0.1) is 22.0 Å². The fourth-order valence-electron chi connectivity index (χ4n) is 8.22. The van der Waals surface area contributed by atoms with Crippen LogP contribution in [-0.2, 0) is 19.1 Å². The van der Waals surface area contributed by atoms with E-state index in [9.17, 15) is 29.3 Å². The number of ether oxygens (including phenoxy) is 3. The Morgan fingerprint density at radius 2 is 1.33 bits per heavy atom. The van der Waals surface area contributed by atoms with Crippen molar-refractivity contribution in [2.75, 3.05) is 33.9 Å². The van der Waals surface area contributed by atoms with Gasteiger partial charge in [0.25, 0.3) is 0 Å². The van der Waals surface area contributed by atoms with E-state index >= 15 is 0 Å². The zero-order valence-electron chi connectivity index (χ0n) is 36.7. The van der Waals surface area contributed by atoms with Gasteiger partial charge in [-0.3, -0.25) is 19.7 Å². The maximum Gasteiger partial charge on any atom is 0.407 e. The molecular formula is C44H56ClN9O9. The number of nitrogens with one attached hydrogen (secondary N) is 4. The number of nitro groups is 1. The first-order valence-electron chi connectivity index (χ1n) is 21.3. The van der Waals surface area contributed by atoms with Crippen molar-refractivity contribution >= 4 is 41.3 Å². The molecule has 2 aromatic heterocycles. The molecule has 2 fully saturated rings. The van der Waals surface area contributed by atoms with Gasteiger partial charge in [-0.1, -0.05) is 76.9 Å². The summed E-state index contributed by atoms with van der Waals surface area (Å²) in [5.74, 6) is 0.249. The Morgan fingerprint density at radius 3 is 1.81 bits per heavy atom. The number of nitrogens with zero attached hydrogens (tertiary/aromatic N) is 5. The molecule has 4 N–H and O–H groups in total. The molecule has 0 radical (unpaired) electrons. The van der Waals surface area contributed by atoms with Gasteiger partial charge >= 0.3 is 17.9 Å². The molecule has 0 spiro atoms. The number of aromatic nitrogens is 4. The van der Waals surface area contributed by atoms with Crippen LogP contribution in [0.1, 0.15) is 96.9 Å². The SMILES string of the molecule is CCCCOc1c(-c2c[nH]c([C@@H]3CCCN3C(=O)[C@@H](NC(=O)OC)C(C)C)n2)cc(Cl)c(-c2ccc(-c3c[nH]c([C@@H]4CCCN4C(=O)[C@@H](NC(=O)OC)C(C)C)n3)cc2)c1[N+](=O)[O-]. The van der Waals surface area contributed by atoms with E-state index in [4.69, 9.17) is 35.8 Å². The predicted molar refractivity (Wildman–Crippen MR) is 235 cm³/mol. The molecule has 4 amide bonds. The predicted octanol–water partition coefficient (Wildman–Crippen LogP) is 7.96. The summed E-state index contributed by atoms with van der Waals surface area (Å²) in [5.41, 5.74) is 2.35. The van der Waals surface area contributed by atoms with E-state index in [0.717, 1.165) is 18.4 Å². The van der Waals surface area contributed by atoms with Gasteiger partial charge in [0.2, 0.25) is 17.6 Å². The maximum atomic E-state index is 13.8. The van der Waals surface area contributed by atoms with Gasteiger partial charge in [0.05, 0.1) is 65.4 Å². The summed E-state index contributed by atoms with van der Waals surface area (Å²) in [5, 5.41) is 18.5. The topological polar surface area (TPSA) is 227 Å². The number of carbonyl (C=O) groups excluding carboxylic acids is 4. The molecule has 4 atom stereocenters. The van der Waals surface area contributed by atoms with Gasteiger partial charge in [0.15, 0.2) is 0 Å². The van der Waals surface area contributed by atoms with Gasteiger partial charge in [-0.2, -0.15) is 0 Å². The number of rotatable bonds is 16. The lowest BCUT2D eigenvalue weighted by Gasteiger charge is -2.30. The van der Waals surface area contributed by atoms with Crippen LogP contribution in [-0.4, -0.2) is 105 Å². The van der Waals surface area contributed by atoms with Crippen molar-refractivity contribution in [3.8, 4) is 39.4 Å². The average molecular weight is 890 g/mol. The smallest absolute Gasteiger partial charge is 0.407 e. The van der Waals surface area contributed by atoms with Crippen LogP contribution in [0.4, 0.5) is 15.3 Å². The number of alkyl carbamates (subject to hydrolysis) is 2. The number of nitro benzene ring substituents is 1. The Labute approximate surface area is 370 Å². The second-order valence-corrected chi connectivity index (χ2v) is 16.8. The molecule has 18 nitrogen and oxygen atoms in total. The van der Waals surface area contributed by atoms with Crippen LogP contribution < -0.4 is 15.4 Å². The number of H-pyrrole nitrogens is 2. The number of imidazole rings is 2. The highest BCUT2D eigenvalue weighted by molar-refractivity contribution is 6.34. The van der Waals surface area contributed by atoms with Crippen molar-refractivity contribution in [3.63, 3.8) is 0 Å². The van der Waals surface area contributed by atoms with Crippen molar-refractivity contribution in [2.24, 2.45) is 11.8 Å². The number of amides is 4. The summed E-state index contributed by atoms with van der Waals surface area (Å²) in [7, 11) is 2.50. The van der Waals surface area contributed by atoms with Crippen LogP contribution in [0.2, 0.25) is 5.02 Å². The zero-order chi connectivity index (χ0) is 45.5. The summed E-state index contributed by atoms with van der Waals surface area (Å²) in [6.45, 7) is 10.6. The van der Waals surface area contributed by atoms with Crippen LogP contribution in [0.25, 0.3) is 33.6 Å². The normalized spacial score (nSPS) is 17.2. The first-order chi connectivity index (χ1) is 30.2. The van der Waals surface area contributed by atoms with Crippen molar-refractivity contribution in [3.05, 3.63) is 69.5 Å². The highest BCUT2D eigenvalue weighted by Crippen LogP contribution is 2.49. The van der Waals surface area contributed by atoms with Crippen molar-refractivity contribution in [2.45, 2.75) is 97.3 Å². The molecular weight excluding hydrogens is 834 g/mol. The minimum atomic E-state index is -0.812. The lowest BCUT2D eigenvalue weighted by molar-refractivity contribution is -0.385. The minimum Gasteiger partial charge on any atom is -0.486 e. The van der Waals surface area contributed by atoms with Gasteiger partial charge in [0.1, 0.15) is 23.7 Å². The average Bonchev–Trinajstić information content (AvgIpc) is 4.11. The summed E-state index contributed by atoms with van der Waals surface area (Å²) in [6.07, 6.45) is 6.23. The Hall–Kier alpha value is -6.17. The number of aromatic amines is 2. The van der Waals surface area contributed by atoms with E-state index in [1.54, 1.807) is 52.5 Å². The van der Waals surface area contributed by atoms with E-state index in [-0.39, 0.29) is 58.3 Å². The van der Waals surface area contributed by atoms with Crippen LogP contribution in [0.15, 0.2) is 42.7 Å². The number of likely N-dealkylation sites (tertiary alicyclic amines) is 2. The summed E-state index contributed by atoms with van der Waals surface area (Å²) in [6, 6.07) is 6.36. The second-order valence-electron chi connectivity index (χ2n) is 16.4. The Morgan fingerprint density at radius 1 is 0.841 bits per heavy atom.